The smallest absolute Gasteiger partial charge is 0.164 e. The lowest BCUT2D eigenvalue weighted by Crippen LogP contribution is -2.21. The zero-order valence-electron chi connectivity index (χ0n) is 10.7. The van der Waals surface area contributed by atoms with Crippen LogP contribution in [-0.4, -0.2) is 47.4 Å². The van der Waals surface area contributed by atoms with Crippen molar-refractivity contribution < 1.29 is 19.7 Å². The Bertz CT molecular complexity index is 387. The Balaban J connectivity index is 2.71. The van der Waals surface area contributed by atoms with Gasteiger partial charge in [-0.05, 0) is 18.6 Å². The molecule has 0 aromatic heterocycles. The van der Waals surface area contributed by atoms with Gasteiger partial charge in [-0.1, -0.05) is 12.1 Å². The third kappa shape index (κ3) is 5.45. The fourth-order valence-corrected chi connectivity index (χ4v) is 1.56. The van der Waals surface area contributed by atoms with Crippen molar-refractivity contribution in [2.24, 2.45) is 0 Å². The summed E-state index contributed by atoms with van der Waals surface area (Å²) in [4.78, 5) is 0. The highest BCUT2D eigenvalue weighted by Crippen LogP contribution is 2.31. The number of rotatable bonds is 8. The molecular weight excluding hydrogens is 291 g/mol. The fourth-order valence-electron chi connectivity index (χ4n) is 1.38. The summed E-state index contributed by atoms with van der Waals surface area (Å²) in [7, 11) is 0. The maximum absolute atomic E-state index is 9.40. The van der Waals surface area contributed by atoms with Crippen LogP contribution in [0, 0.1) is 6.92 Å². The van der Waals surface area contributed by atoms with E-state index in [0.717, 1.165) is 5.56 Å². The molecule has 19 heavy (non-hydrogen) atoms. The molecule has 0 saturated carbocycles. The van der Waals surface area contributed by atoms with E-state index in [9.17, 15) is 10.2 Å². The number of aliphatic hydroxyl groups excluding tert-OH is 2. The number of hydrogen-bond acceptors (Lipinski definition) is 4. The Morgan fingerprint density at radius 1 is 1.05 bits per heavy atom. The SMILES string of the molecule is Cc1cccc(OC[C@H](O)CCl)c1OC[C@H](O)CCl. The van der Waals surface area contributed by atoms with E-state index < -0.39 is 12.2 Å². The van der Waals surface area contributed by atoms with E-state index in [0.29, 0.717) is 11.5 Å². The molecule has 1 rings (SSSR count). The van der Waals surface area contributed by atoms with Gasteiger partial charge in [0.15, 0.2) is 11.5 Å². The van der Waals surface area contributed by atoms with Crippen LogP contribution in [-0.2, 0) is 0 Å². The largest absolute Gasteiger partial charge is 0.487 e. The minimum Gasteiger partial charge on any atom is -0.487 e. The molecule has 0 aliphatic carbocycles. The Morgan fingerprint density at radius 2 is 1.63 bits per heavy atom. The number of hydrogen-bond donors (Lipinski definition) is 2. The molecule has 1 aromatic carbocycles. The van der Waals surface area contributed by atoms with E-state index in [1.807, 2.05) is 19.1 Å². The second-order valence-corrected chi connectivity index (χ2v) is 4.76. The number of benzene rings is 1. The van der Waals surface area contributed by atoms with Gasteiger partial charge in [0, 0.05) is 0 Å². The van der Waals surface area contributed by atoms with E-state index in [1.54, 1.807) is 6.07 Å². The predicted octanol–water partition coefficient (Wildman–Crippen LogP) is 1.95. The normalized spacial score (nSPS) is 13.9. The van der Waals surface area contributed by atoms with Gasteiger partial charge in [-0.3, -0.25) is 0 Å². The number of aliphatic hydroxyl groups is 2. The molecule has 4 nitrogen and oxygen atoms in total. The van der Waals surface area contributed by atoms with Crippen LogP contribution in [0.15, 0.2) is 18.2 Å². The van der Waals surface area contributed by atoms with Crippen LogP contribution >= 0.6 is 23.2 Å². The van der Waals surface area contributed by atoms with Crippen molar-refractivity contribution in [2.75, 3.05) is 25.0 Å². The Morgan fingerprint density at radius 3 is 2.21 bits per heavy atom. The minimum absolute atomic E-state index is 0.0847. The zero-order chi connectivity index (χ0) is 14.3. The fraction of sp³-hybridized carbons (Fsp3) is 0.538. The first kappa shape index (κ1) is 16.4. The number of alkyl halides is 2. The molecular formula is C13H18Cl2O4. The second-order valence-electron chi connectivity index (χ2n) is 4.14. The number of aryl methyl sites for hydroxylation is 1. The van der Waals surface area contributed by atoms with Crippen molar-refractivity contribution in [2.45, 2.75) is 19.1 Å². The molecule has 0 spiro atoms. The van der Waals surface area contributed by atoms with Crippen LogP contribution in [0.25, 0.3) is 0 Å². The topological polar surface area (TPSA) is 58.9 Å². The summed E-state index contributed by atoms with van der Waals surface area (Å²) in [5.74, 6) is 1.25. The Labute approximate surface area is 122 Å². The molecule has 2 atom stereocenters. The lowest BCUT2D eigenvalue weighted by atomic mass is 10.2. The van der Waals surface area contributed by atoms with Crippen molar-refractivity contribution in [3.8, 4) is 11.5 Å². The third-order valence-corrected chi connectivity index (χ3v) is 3.10. The molecule has 0 saturated heterocycles. The lowest BCUT2D eigenvalue weighted by molar-refractivity contribution is 0.109. The molecule has 0 unspecified atom stereocenters. The highest BCUT2D eigenvalue weighted by atomic mass is 35.5. The first-order valence-electron chi connectivity index (χ1n) is 5.91. The van der Waals surface area contributed by atoms with Crippen molar-refractivity contribution in [3.05, 3.63) is 23.8 Å². The van der Waals surface area contributed by atoms with Gasteiger partial charge in [0.2, 0.25) is 0 Å². The van der Waals surface area contributed by atoms with E-state index in [1.165, 1.54) is 0 Å². The van der Waals surface area contributed by atoms with E-state index >= 15 is 0 Å². The first-order chi connectivity index (χ1) is 9.08. The Hall–Kier alpha value is -0.680. The average Bonchev–Trinajstić information content (AvgIpc) is 2.43. The van der Waals surface area contributed by atoms with Gasteiger partial charge in [-0.25, -0.2) is 0 Å². The Kier molecular flexibility index (Phi) is 7.31. The average molecular weight is 309 g/mol. The van der Waals surface area contributed by atoms with Crippen LogP contribution in [0.2, 0.25) is 0 Å². The van der Waals surface area contributed by atoms with Crippen molar-refractivity contribution in [1.29, 1.82) is 0 Å². The molecule has 0 radical (unpaired) electrons. The highest BCUT2D eigenvalue weighted by Gasteiger charge is 2.12. The van der Waals surface area contributed by atoms with E-state index in [4.69, 9.17) is 32.7 Å². The van der Waals surface area contributed by atoms with Crippen LogP contribution < -0.4 is 9.47 Å². The molecule has 1 aromatic rings. The summed E-state index contributed by atoms with van der Waals surface area (Å²) in [6, 6.07) is 5.42. The summed E-state index contributed by atoms with van der Waals surface area (Å²) < 4.78 is 11.0. The van der Waals surface area contributed by atoms with Gasteiger partial charge in [0.05, 0.1) is 11.8 Å². The number of halogens is 2. The lowest BCUT2D eigenvalue weighted by Gasteiger charge is -2.17. The molecule has 0 amide bonds. The molecule has 0 aliphatic heterocycles. The molecule has 6 heteroatoms. The first-order valence-corrected chi connectivity index (χ1v) is 6.98. The molecule has 0 heterocycles. The van der Waals surface area contributed by atoms with Gasteiger partial charge in [-0.2, -0.15) is 0 Å². The molecule has 2 N–H and O–H groups in total. The third-order valence-electron chi connectivity index (χ3n) is 2.38. The van der Waals surface area contributed by atoms with Crippen LogP contribution in [0.4, 0.5) is 0 Å². The van der Waals surface area contributed by atoms with Gasteiger partial charge in [0.25, 0.3) is 0 Å². The minimum atomic E-state index is -0.734. The summed E-state index contributed by atoms with van der Waals surface area (Å²) in [6.07, 6.45) is -1.47. The summed E-state index contributed by atoms with van der Waals surface area (Å²) in [5.41, 5.74) is 0.875. The zero-order valence-corrected chi connectivity index (χ0v) is 12.2. The predicted molar refractivity (Wildman–Crippen MR) is 75.6 cm³/mol. The van der Waals surface area contributed by atoms with Crippen molar-refractivity contribution >= 4 is 23.2 Å². The van der Waals surface area contributed by atoms with Crippen molar-refractivity contribution in [1.82, 2.24) is 0 Å². The quantitative estimate of drug-likeness (QED) is 0.721. The number of para-hydroxylation sites is 1. The molecule has 108 valence electrons. The van der Waals surface area contributed by atoms with Gasteiger partial charge in [0.1, 0.15) is 25.4 Å². The molecule has 0 bridgehead atoms. The standard InChI is InChI=1S/C13H18Cl2O4/c1-9-3-2-4-12(18-7-10(16)5-14)13(9)19-8-11(17)6-15/h2-4,10-11,16-17H,5-8H2,1H3/t10-,11-/m1/s1. The maximum Gasteiger partial charge on any atom is 0.164 e. The summed E-state index contributed by atoms with van der Waals surface area (Å²) >= 11 is 11.0. The molecule has 0 fully saturated rings. The van der Waals surface area contributed by atoms with E-state index in [-0.39, 0.29) is 25.0 Å². The van der Waals surface area contributed by atoms with E-state index in [2.05, 4.69) is 0 Å². The van der Waals surface area contributed by atoms with Crippen LogP contribution in [0.5, 0.6) is 11.5 Å². The number of ether oxygens (including phenoxy) is 2. The summed E-state index contributed by atoms with van der Waals surface area (Å²) in [6.45, 7) is 2.04. The van der Waals surface area contributed by atoms with Gasteiger partial charge >= 0.3 is 0 Å². The van der Waals surface area contributed by atoms with Gasteiger partial charge in [-0.15, -0.1) is 23.2 Å². The maximum atomic E-state index is 9.40. The van der Waals surface area contributed by atoms with Crippen LogP contribution in [0.3, 0.4) is 0 Å². The summed E-state index contributed by atoms with van der Waals surface area (Å²) in [5, 5.41) is 18.8. The molecule has 0 aliphatic rings. The highest BCUT2D eigenvalue weighted by molar-refractivity contribution is 6.18. The van der Waals surface area contributed by atoms with Gasteiger partial charge < -0.3 is 19.7 Å². The van der Waals surface area contributed by atoms with Crippen molar-refractivity contribution in [3.63, 3.8) is 0 Å². The second kappa shape index (κ2) is 8.48. The van der Waals surface area contributed by atoms with Crippen LogP contribution in [0.1, 0.15) is 5.56 Å². The monoisotopic (exact) mass is 308 g/mol.